The molecule has 2 rings (SSSR count). The van der Waals surface area contributed by atoms with Gasteiger partial charge in [0, 0.05) is 13.1 Å². The number of nitrogens with zero attached hydrogens (tertiary/aromatic N) is 1. The first kappa shape index (κ1) is 20.3. The molecule has 1 fully saturated rings. The van der Waals surface area contributed by atoms with Crippen molar-refractivity contribution in [3.05, 3.63) is 29.8 Å². The Hall–Kier alpha value is -2.04. The summed E-state index contributed by atoms with van der Waals surface area (Å²) in [5, 5.41) is 3.03. The molecule has 26 heavy (non-hydrogen) atoms. The molecule has 1 aromatic carbocycles. The van der Waals surface area contributed by atoms with Crippen molar-refractivity contribution in [2.75, 3.05) is 19.7 Å². The molecule has 0 bridgehead atoms. The van der Waals surface area contributed by atoms with Crippen LogP contribution in [0.4, 0.5) is 0 Å². The van der Waals surface area contributed by atoms with E-state index in [9.17, 15) is 9.59 Å². The molecule has 0 atom stereocenters. The highest BCUT2D eigenvalue weighted by atomic mass is 16.5. The molecule has 5 heteroatoms. The normalized spacial score (nSPS) is 16.0. The van der Waals surface area contributed by atoms with Crippen LogP contribution >= 0.6 is 0 Å². The SMILES string of the molecule is CCc1ccccc1OCC(=O)NC1(C(=O)N(CC)CC)CCCCC1. The highest BCUT2D eigenvalue weighted by Crippen LogP contribution is 2.30. The zero-order chi connectivity index (χ0) is 19.0. The molecule has 5 nitrogen and oxygen atoms in total. The number of para-hydroxylation sites is 1. The van der Waals surface area contributed by atoms with Gasteiger partial charge in [-0.1, -0.05) is 44.4 Å². The molecule has 0 radical (unpaired) electrons. The third-order valence-electron chi connectivity index (χ3n) is 5.26. The zero-order valence-corrected chi connectivity index (χ0v) is 16.3. The van der Waals surface area contributed by atoms with Gasteiger partial charge in [0.1, 0.15) is 11.3 Å². The maximum Gasteiger partial charge on any atom is 0.258 e. The number of ether oxygens (including phenoxy) is 1. The van der Waals surface area contributed by atoms with Gasteiger partial charge in [-0.05, 0) is 44.7 Å². The molecule has 0 aliphatic heterocycles. The fourth-order valence-corrected chi connectivity index (χ4v) is 3.74. The largest absolute Gasteiger partial charge is 0.483 e. The fraction of sp³-hybridized carbons (Fsp3) is 0.619. The van der Waals surface area contributed by atoms with E-state index in [1.165, 1.54) is 0 Å². The first-order valence-electron chi connectivity index (χ1n) is 9.87. The van der Waals surface area contributed by atoms with E-state index in [2.05, 4.69) is 12.2 Å². The van der Waals surface area contributed by atoms with Crippen LogP contribution in [-0.2, 0) is 16.0 Å². The quantitative estimate of drug-likeness (QED) is 0.774. The fourth-order valence-electron chi connectivity index (χ4n) is 3.74. The Morgan fingerprint density at radius 1 is 1.08 bits per heavy atom. The van der Waals surface area contributed by atoms with Gasteiger partial charge < -0.3 is 15.0 Å². The number of carbonyl (C=O) groups is 2. The van der Waals surface area contributed by atoms with E-state index in [0.717, 1.165) is 37.0 Å². The van der Waals surface area contributed by atoms with Crippen molar-refractivity contribution in [2.24, 2.45) is 0 Å². The van der Waals surface area contributed by atoms with Crippen LogP contribution in [0.15, 0.2) is 24.3 Å². The number of hydrogen-bond acceptors (Lipinski definition) is 3. The van der Waals surface area contributed by atoms with Crippen molar-refractivity contribution in [3.63, 3.8) is 0 Å². The lowest BCUT2D eigenvalue weighted by Gasteiger charge is -2.40. The van der Waals surface area contributed by atoms with Crippen molar-refractivity contribution in [1.29, 1.82) is 0 Å². The topological polar surface area (TPSA) is 58.6 Å². The van der Waals surface area contributed by atoms with Crippen LogP contribution in [0.3, 0.4) is 0 Å². The van der Waals surface area contributed by atoms with E-state index in [-0.39, 0.29) is 18.4 Å². The predicted octanol–water partition coefficient (Wildman–Crippen LogP) is 3.32. The van der Waals surface area contributed by atoms with Crippen molar-refractivity contribution < 1.29 is 14.3 Å². The average Bonchev–Trinajstić information content (AvgIpc) is 2.68. The second kappa shape index (κ2) is 9.60. The molecular weight excluding hydrogens is 328 g/mol. The molecular formula is C21H32N2O3. The number of carbonyl (C=O) groups excluding carboxylic acids is 2. The van der Waals surface area contributed by atoms with Crippen LogP contribution in [0.1, 0.15) is 58.4 Å². The van der Waals surface area contributed by atoms with Crippen molar-refractivity contribution in [2.45, 2.75) is 64.8 Å². The van der Waals surface area contributed by atoms with Gasteiger partial charge in [0.25, 0.3) is 5.91 Å². The smallest absolute Gasteiger partial charge is 0.258 e. The Labute approximate surface area is 157 Å². The summed E-state index contributed by atoms with van der Waals surface area (Å²) < 4.78 is 5.73. The summed E-state index contributed by atoms with van der Waals surface area (Å²) >= 11 is 0. The van der Waals surface area contributed by atoms with Crippen LogP contribution in [0.2, 0.25) is 0 Å². The molecule has 2 amide bonds. The monoisotopic (exact) mass is 360 g/mol. The van der Waals surface area contributed by atoms with E-state index in [4.69, 9.17) is 4.74 Å². The van der Waals surface area contributed by atoms with Gasteiger partial charge in [0.15, 0.2) is 6.61 Å². The Morgan fingerprint density at radius 3 is 2.35 bits per heavy atom. The third-order valence-corrected chi connectivity index (χ3v) is 5.26. The van der Waals surface area contributed by atoms with Gasteiger partial charge in [0.05, 0.1) is 0 Å². The summed E-state index contributed by atoms with van der Waals surface area (Å²) in [6, 6.07) is 7.74. The number of aryl methyl sites for hydroxylation is 1. The van der Waals surface area contributed by atoms with Gasteiger partial charge in [-0.2, -0.15) is 0 Å². The van der Waals surface area contributed by atoms with E-state index in [0.29, 0.717) is 25.9 Å². The van der Waals surface area contributed by atoms with E-state index in [1.54, 1.807) is 0 Å². The van der Waals surface area contributed by atoms with E-state index < -0.39 is 5.54 Å². The highest BCUT2D eigenvalue weighted by molar-refractivity contribution is 5.92. The van der Waals surface area contributed by atoms with Crippen LogP contribution < -0.4 is 10.1 Å². The maximum absolute atomic E-state index is 13.1. The Balaban J connectivity index is 2.05. The molecule has 1 aliphatic rings. The van der Waals surface area contributed by atoms with E-state index >= 15 is 0 Å². The number of amides is 2. The molecule has 0 heterocycles. The molecule has 0 spiro atoms. The van der Waals surface area contributed by atoms with Gasteiger partial charge >= 0.3 is 0 Å². The molecule has 0 unspecified atom stereocenters. The minimum atomic E-state index is -0.769. The van der Waals surface area contributed by atoms with Crippen LogP contribution in [-0.4, -0.2) is 41.9 Å². The molecule has 1 saturated carbocycles. The number of likely N-dealkylation sites (N-methyl/N-ethyl adjacent to an activating group) is 1. The van der Waals surface area contributed by atoms with Crippen LogP contribution in [0.5, 0.6) is 5.75 Å². The minimum Gasteiger partial charge on any atom is -0.483 e. The van der Waals surface area contributed by atoms with Crippen LogP contribution in [0.25, 0.3) is 0 Å². The molecule has 1 aliphatic carbocycles. The zero-order valence-electron chi connectivity index (χ0n) is 16.3. The second-order valence-corrected chi connectivity index (χ2v) is 6.92. The lowest BCUT2D eigenvalue weighted by Crippen LogP contribution is -2.61. The van der Waals surface area contributed by atoms with Crippen molar-refractivity contribution in [3.8, 4) is 5.75 Å². The molecule has 0 aromatic heterocycles. The van der Waals surface area contributed by atoms with Gasteiger partial charge in [-0.15, -0.1) is 0 Å². The first-order chi connectivity index (χ1) is 12.6. The lowest BCUT2D eigenvalue weighted by atomic mass is 9.80. The summed E-state index contributed by atoms with van der Waals surface area (Å²) in [7, 11) is 0. The summed E-state index contributed by atoms with van der Waals surface area (Å²) in [4.78, 5) is 27.5. The highest BCUT2D eigenvalue weighted by Gasteiger charge is 2.42. The second-order valence-electron chi connectivity index (χ2n) is 6.92. The van der Waals surface area contributed by atoms with Gasteiger partial charge in [0.2, 0.25) is 5.91 Å². The maximum atomic E-state index is 13.1. The standard InChI is InChI=1S/C21H32N2O3/c1-4-17-12-8-9-13-18(17)26-16-19(24)22-21(14-10-7-11-15-21)20(25)23(5-2)6-3/h8-9,12-13H,4-7,10-11,14-16H2,1-3H3,(H,22,24). The first-order valence-corrected chi connectivity index (χ1v) is 9.87. The van der Waals surface area contributed by atoms with Gasteiger partial charge in [-0.25, -0.2) is 0 Å². The summed E-state index contributed by atoms with van der Waals surface area (Å²) in [5.41, 5.74) is 0.307. The summed E-state index contributed by atoms with van der Waals surface area (Å²) in [6.07, 6.45) is 5.31. The van der Waals surface area contributed by atoms with Crippen molar-refractivity contribution >= 4 is 11.8 Å². The number of hydrogen-bond donors (Lipinski definition) is 1. The Kier molecular flexibility index (Phi) is 7.49. The Morgan fingerprint density at radius 2 is 1.73 bits per heavy atom. The molecule has 0 saturated heterocycles. The third kappa shape index (κ3) is 4.77. The van der Waals surface area contributed by atoms with Crippen LogP contribution in [0, 0.1) is 0 Å². The minimum absolute atomic E-state index is 0.0458. The molecule has 144 valence electrons. The average molecular weight is 360 g/mol. The van der Waals surface area contributed by atoms with E-state index in [1.807, 2.05) is 43.0 Å². The molecule has 1 aromatic rings. The number of rotatable bonds is 8. The number of nitrogens with one attached hydrogen (secondary N) is 1. The Bertz CT molecular complexity index is 605. The summed E-state index contributed by atoms with van der Waals surface area (Å²) in [6.45, 7) is 7.27. The predicted molar refractivity (Wildman–Crippen MR) is 103 cm³/mol. The number of benzene rings is 1. The lowest BCUT2D eigenvalue weighted by molar-refractivity contribution is -0.143. The van der Waals surface area contributed by atoms with Gasteiger partial charge in [-0.3, -0.25) is 9.59 Å². The van der Waals surface area contributed by atoms with Crippen molar-refractivity contribution in [1.82, 2.24) is 10.2 Å². The molecule has 1 N–H and O–H groups in total. The summed E-state index contributed by atoms with van der Waals surface area (Å²) in [5.74, 6) is 0.556.